The minimum Gasteiger partial charge on any atom is -0.481 e. The van der Waals surface area contributed by atoms with Crippen LogP contribution in [-0.4, -0.2) is 46.0 Å². The highest BCUT2D eigenvalue weighted by Crippen LogP contribution is 2.20. The molecule has 0 bridgehead atoms. The second kappa shape index (κ2) is 7.26. The van der Waals surface area contributed by atoms with Crippen LogP contribution in [0.2, 0.25) is 0 Å². The first-order chi connectivity index (χ1) is 10.1. The van der Waals surface area contributed by atoms with Gasteiger partial charge < -0.3 is 10.0 Å². The molecular weight excluding hydrogens is 293 g/mol. The molecule has 1 aliphatic heterocycles. The lowest BCUT2D eigenvalue weighted by molar-refractivity contribution is -0.139. The highest BCUT2D eigenvalue weighted by Gasteiger charge is 2.27. The van der Waals surface area contributed by atoms with E-state index in [0.29, 0.717) is 17.9 Å². The summed E-state index contributed by atoms with van der Waals surface area (Å²) in [6.45, 7) is 0.517. The number of thioether (sulfide) groups is 1. The van der Waals surface area contributed by atoms with Crippen LogP contribution < -0.4 is 0 Å². The number of benzene rings is 1. The highest BCUT2D eigenvalue weighted by atomic mass is 32.2. The van der Waals surface area contributed by atoms with Gasteiger partial charge in [-0.1, -0.05) is 18.2 Å². The van der Waals surface area contributed by atoms with Crippen LogP contribution >= 0.6 is 11.8 Å². The third-order valence-corrected chi connectivity index (χ3v) is 4.32. The number of carboxylic acids is 1. The van der Waals surface area contributed by atoms with Crippen LogP contribution in [0.4, 0.5) is 4.39 Å². The van der Waals surface area contributed by atoms with Gasteiger partial charge in [-0.2, -0.15) is 11.8 Å². The second-order valence-electron chi connectivity index (χ2n) is 4.71. The summed E-state index contributed by atoms with van der Waals surface area (Å²) in [5.41, 5.74) is 0.340. The van der Waals surface area contributed by atoms with Crippen molar-refractivity contribution >= 4 is 29.7 Å². The van der Waals surface area contributed by atoms with Gasteiger partial charge in [0.15, 0.2) is 0 Å². The molecular formula is C15H16FNO3S. The van der Waals surface area contributed by atoms with Gasteiger partial charge in [-0.3, -0.25) is 9.59 Å². The minimum absolute atomic E-state index is 0.0632. The lowest BCUT2D eigenvalue weighted by atomic mass is 10.1. The topological polar surface area (TPSA) is 57.6 Å². The molecule has 1 unspecified atom stereocenters. The molecule has 1 amide bonds. The van der Waals surface area contributed by atoms with E-state index in [2.05, 4.69) is 0 Å². The summed E-state index contributed by atoms with van der Waals surface area (Å²) in [6, 6.07) is 5.88. The molecule has 4 nitrogen and oxygen atoms in total. The predicted octanol–water partition coefficient (Wildman–Crippen LogP) is 2.26. The Bertz CT molecular complexity index is 562. The van der Waals surface area contributed by atoms with Crippen molar-refractivity contribution in [2.75, 3.05) is 18.1 Å². The van der Waals surface area contributed by atoms with Crippen LogP contribution in [0.1, 0.15) is 12.0 Å². The van der Waals surface area contributed by atoms with Gasteiger partial charge in [0.25, 0.3) is 0 Å². The zero-order valence-corrected chi connectivity index (χ0v) is 12.2. The van der Waals surface area contributed by atoms with E-state index in [1.165, 1.54) is 18.2 Å². The maximum absolute atomic E-state index is 13.5. The molecule has 1 N–H and O–H groups in total. The van der Waals surface area contributed by atoms with Crippen molar-refractivity contribution < 1.29 is 19.1 Å². The fourth-order valence-electron chi connectivity index (χ4n) is 2.18. The number of hydrogen-bond acceptors (Lipinski definition) is 3. The van der Waals surface area contributed by atoms with Crippen LogP contribution in [0.3, 0.4) is 0 Å². The molecule has 1 aliphatic rings. The largest absolute Gasteiger partial charge is 0.481 e. The molecule has 1 atom stereocenters. The smallest absolute Gasteiger partial charge is 0.305 e. The molecule has 0 radical (unpaired) electrons. The normalized spacial score (nSPS) is 18.9. The summed E-state index contributed by atoms with van der Waals surface area (Å²) >= 11 is 1.64. The first-order valence-corrected chi connectivity index (χ1v) is 7.76. The third-order valence-electron chi connectivity index (χ3n) is 3.23. The van der Waals surface area contributed by atoms with E-state index in [1.807, 2.05) is 0 Å². The van der Waals surface area contributed by atoms with Crippen molar-refractivity contribution in [2.45, 2.75) is 12.5 Å². The van der Waals surface area contributed by atoms with Gasteiger partial charge in [0, 0.05) is 29.7 Å². The van der Waals surface area contributed by atoms with E-state index in [4.69, 9.17) is 5.11 Å². The number of carbonyl (C=O) groups is 2. The van der Waals surface area contributed by atoms with Gasteiger partial charge >= 0.3 is 5.97 Å². The number of carboxylic acid groups (broad SMARTS) is 1. The maximum atomic E-state index is 13.5. The van der Waals surface area contributed by atoms with Crippen molar-refractivity contribution in [1.29, 1.82) is 0 Å². The fraction of sp³-hybridized carbons (Fsp3) is 0.333. The summed E-state index contributed by atoms with van der Waals surface area (Å²) < 4.78 is 13.5. The number of aliphatic carboxylic acids is 1. The zero-order valence-electron chi connectivity index (χ0n) is 11.4. The van der Waals surface area contributed by atoms with Crippen LogP contribution in [0.15, 0.2) is 30.3 Å². The first-order valence-electron chi connectivity index (χ1n) is 6.60. The average molecular weight is 309 g/mol. The molecule has 112 valence electrons. The maximum Gasteiger partial charge on any atom is 0.305 e. The SMILES string of the molecule is O=C(O)CC1CSCCN1C(=O)C=Cc1ccccc1F. The lowest BCUT2D eigenvalue weighted by Crippen LogP contribution is -2.46. The minimum atomic E-state index is -0.918. The molecule has 0 spiro atoms. The molecule has 1 fully saturated rings. The molecule has 1 saturated heterocycles. The molecule has 6 heteroatoms. The summed E-state index contributed by atoms with van der Waals surface area (Å²) in [4.78, 5) is 24.6. The molecule has 0 saturated carbocycles. The molecule has 21 heavy (non-hydrogen) atoms. The predicted molar refractivity (Wildman–Crippen MR) is 80.5 cm³/mol. The number of carbonyl (C=O) groups excluding carboxylic acids is 1. The van der Waals surface area contributed by atoms with E-state index < -0.39 is 11.8 Å². The lowest BCUT2D eigenvalue weighted by Gasteiger charge is -2.33. The number of rotatable bonds is 4. The molecule has 1 heterocycles. The second-order valence-corrected chi connectivity index (χ2v) is 5.86. The first kappa shape index (κ1) is 15.6. The van der Waals surface area contributed by atoms with Gasteiger partial charge in [0.05, 0.1) is 12.5 Å². The Hall–Kier alpha value is -1.82. The van der Waals surface area contributed by atoms with Crippen molar-refractivity contribution in [3.8, 4) is 0 Å². The fourth-order valence-corrected chi connectivity index (χ4v) is 3.25. The molecule has 1 aromatic rings. The molecule has 0 aliphatic carbocycles. The summed E-state index contributed by atoms with van der Waals surface area (Å²) in [5, 5.41) is 8.89. The van der Waals surface area contributed by atoms with Crippen LogP contribution in [0.25, 0.3) is 6.08 Å². The van der Waals surface area contributed by atoms with E-state index >= 15 is 0 Å². The van der Waals surface area contributed by atoms with E-state index in [-0.39, 0.29) is 18.4 Å². The molecule has 2 rings (SSSR count). The van der Waals surface area contributed by atoms with Crippen molar-refractivity contribution in [2.24, 2.45) is 0 Å². The number of nitrogens with zero attached hydrogens (tertiary/aromatic N) is 1. The van der Waals surface area contributed by atoms with E-state index in [0.717, 1.165) is 5.75 Å². The molecule has 0 aromatic heterocycles. The van der Waals surface area contributed by atoms with Crippen LogP contribution in [0.5, 0.6) is 0 Å². The summed E-state index contributed by atoms with van der Waals surface area (Å²) in [6.07, 6.45) is 2.67. The quantitative estimate of drug-likeness (QED) is 0.867. The van der Waals surface area contributed by atoms with Gasteiger partial charge in [0.2, 0.25) is 5.91 Å². The van der Waals surface area contributed by atoms with Gasteiger partial charge in [-0.25, -0.2) is 4.39 Å². The Morgan fingerprint density at radius 3 is 2.90 bits per heavy atom. The number of halogens is 1. The third kappa shape index (κ3) is 4.32. The molecule has 1 aromatic carbocycles. The Kier molecular flexibility index (Phi) is 5.38. The monoisotopic (exact) mass is 309 g/mol. The Morgan fingerprint density at radius 1 is 1.43 bits per heavy atom. The summed E-state index contributed by atoms with van der Waals surface area (Å²) in [7, 11) is 0. The van der Waals surface area contributed by atoms with Crippen LogP contribution in [-0.2, 0) is 9.59 Å². The van der Waals surface area contributed by atoms with Gasteiger partial charge in [0.1, 0.15) is 5.82 Å². The Balaban J connectivity index is 2.07. The standard InChI is InChI=1S/C15H16FNO3S/c16-13-4-2-1-3-11(13)5-6-14(18)17-7-8-21-10-12(17)9-15(19)20/h1-6,12H,7-10H2,(H,19,20). The van der Waals surface area contributed by atoms with Crippen molar-refractivity contribution in [3.05, 3.63) is 41.7 Å². The Morgan fingerprint density at radius 2 is 2.19 bits per heavy atom. The van der Waals surface area contributed by atoms with Crippen molar-refractivity contribution in [1.82, 2.24) is 4.90 Å². The summed E-state index contributed by atoms with van der Waals surface area (Å²) in [5.74, 6) is -0.179. The zero-order chi connectivity index (χ0) is 15.2. The van der Waals surface area contributed by atoms with Gasteiger partial charge in [-0.05, 0) is 12.1 Å². The van der Waals surface area contributed by atoms with Gasteiger partial charge in [-0.15, -0.1) is 0 Å². The Labute approximate surface area is 126 Å². The van der Waals surface area contributed by atoms with E-state index in [1.54, 1.807) is 34.9 Å². The number of hydrogen-bond donors (Lipinski definition) is 1. The highest BCUT2D eigenvalue weighted by molar-refractivity contribution is 7.99. The average Bonchev–Trinajstić information content (AvgIpc) is 2.46. The van der Waals surface area contributed by atoms with E-state index in [9.17, 15) is 14.0 Å². The van der Waals surface area contributed by atoms with Crippen LogP contribution in [0, 0.1) is 5.82 Å². The number of amides is 1. The van der Waals surface area contributed by atoms with Crippen molar-refractivity contribution in [3.63, 3.8) is 0 Å².